The predicted molar refractivity (Wildman–Crippen MR) is 132 cm³/mol. The van der Waals surface area contributed by atoms with Crippen LogP contribution >= 0.6 is 0 Å². The second kappa shape index (κ2) is 11.7. The van der Waals surface area contributed by atoms with Gasteiger partial charge in [0.1, 0.15) is 0 Å². The Bertz CT molecular complexity index is 1570. The van der Waals surface area contributed by atoms with E-state index in [0.29, 0.717) is 0 Å². The molecule has 0 heterocycles. The number of aliphatic hydroxyl groups excluding tert-OH is 2. The first-order chi connectivity index (χ1) is 27.5. The highest BCUT2D eigenvalue weighted by molar-refractivity contribution is 5.56. The van der Waals surface area contributed by atoms with Crippen molar-refractivity contribution in [2.24, 2.45) is 0 Å². The Kier molecular flexibility index (Phi) is 9.29. The molecule has 0 aromatic carbocycles. The third kappa shape index (κ3) is 3.64. The van der Waals surface area contributed by atoms with Gasteiger partial charge in [-0.1, -0.05) is 0 Å². The molecule has 35 heteroatoms. The van der Waals surface area contributed by atoms with E-state index in [1.165, 1.54) is 0 Å². The van der Waals surface area contributed by atoms with E-state index in [2.05, 4.69) is 14.2 Å². The van der Waals surface area contributed by atoms with Crippen LogP contribution in [0.25, 0.3) is 0 Å². The lowest BCUT2D eigenvalue weighted by molar-refractivity contribution is -0.619. The van der Waals surface area contributed by atoms with Gasteiger partial charge in [0.15, 0.2) is 0 Å². The molecule has 368 valence electrons. The van der Waals surface area contributed by atoms with Crippen LogP contribution in [0.3, 0.4) is 0 Å². The summed E-state index contributed by atoms with van der Waals surface area (Å²) in [7, 11) is 0. The first kappa shape index (κ1) is 50.1. The summed E-state index contributed by atoms with van der Waals surface area (Å²) in [6.45, 7) is -8.73. The molecule has 0 aromatic rings. The van der Waals surface area contributed by atoms with Crippen LogP contribution in [0, 0.1) is 0 Å². The summed E-state index contributed by atoms with van der Waals surface area (Å²) in [6.07, 6.45) is -9.50. The summed E-state index contributed by atoms with van der Waals surface area (Å²) in [5, 5.41) is 19.7. The number of alkyl halides is 30. The van der Waals surface area contributed by atoms with Crippen molar-refractivity contribution in [3.63, 3.8) is 0 Å². The van der Waals surface area contributed by atoms with E-state index in [9.17, 15) is 62.9 Å². The van der Waals surface area contributed by atoms with Crippen molar-refractivity contribution in [3.05, 3.63) is 0 Å². The fourth-order valence-electron chi connectivity index (χ4n) is 9.31. The van der Waals surface area contributed by atoms with Crippen LogP contribution in [-0.2, 0) is 14.2 Å². The van der Waals surface area contributed by atoms with Crippen LogP contribution in [0.4, 0.5) is 132 Å². The van der Waals surface area contributed by atoms with Gasteiger partial charge >= 0.3 is 105 Å². The minimum Gasteiger partial charge on any atom is -0.391 e. The Labute approximate surface area is 324 Å². The lowest BCUT2D eigenvalue weighted by atomic mass is 9.40. The molecule has 0 amide bonds. The third-order valence-corrected chi connectivity index (χ3v) is 12.6. The molecule has 8 aliphatic rings. The van der Waals surface area contributed by atoms with Crippen LogP contribution in [-0.4, -0.2) is 165 Å². The van der Waals surface area contributed by atoms with Crippen molar-refractivity contribution in [3.8, 4) is 0 Å². The van der Waals surface area contributed by atoms with Gasteiger partial charge in [-0.25, -0.2) is 26.3 Å². The first-order valence-electron chi connectivity index (χ1n) is 16.4. The molecule has 0 saturated heterocycles. The van der Waals surface area contributed by atoms with E-state index < -0.39 is 168 Å². The van der Waals surface area contributed by atoms with E-state index in [4.69, 9.17) is 0 Å². The molecule has 0 aromatic heterocycles. The maximum Gasteiger partial charge on any atom is 0.339 e. The largest absolute Gasteiger partial charge is 0.391 e. The minimum absolute atomic E-state index is 1.49. The van der Waals surface area contributed by atoms with E-state index in [-0.39, 0.29) is 0 Å². The van der Waals surface area contributed by atoms with E-state index in [1.54, 1.807) is 0 Å². The SMILES string of the molecule is OC(CCOCCC(O)COC12C(F)(F)C3(F)C(F)(F)C(F)(C(F)(F)C(F)(C3(F)F)C1(F)F)C2(F)F)COC12C(F)(F)C3(F)C(F)(F)C(F)(C(F)(F)C(F)(C3(F)F)C1(F)F)C2(F)F. The first-order valence-corrected chi connectivity index (χ1v) is 16.4. The third-order valence-electron chi connectivity index (χ3n) is 12.6. The van der Waals surface area contributed by atoms with Gasteiger partial charge in [0.2, 0.25) is 0 Å². The zero-order valence-electron chi connectivity index (χ0n) is 28.9. The number of rotatable bonds is 12. The van der Waals surface area contributed by atoms with Crippen molar-refractivity contribution in [2.45, 2.75) is 141 Å². The van der Waals surface area contributed by atoms with Crippen LogP contribution in [0.5, 0.6) is 0 Å². The Balaban J connectivity index is 1.17. The molecular weight excluding hydrogens is 986 g/mol. The lowest BCUT2D eigenvalue weighted by Crippen LogP contribution is -3.10. The molecule has 0 radical (unpaired) electrons. The zero-order valence-corrected chi connectivity index (χ0v) is 28.9. The predicted octanol–water partition coefficient (Wildman–Crippen LogP) is 7.97. The van der Waals surface area contributed by atoms with Crippen molar-refractivity contribution in [2.75, 3.05) is 26.4 Å². The Morgan fingerprint density at radius 2 is 0.429 bits per heavy atom. The van der Waals surface area contributed by atoms with Crippen LogP contribution < -0.4 is 0 Å². The Hall–Kier alpha value is -2.30. The minimum atomic E-state index is -8.17. The van der Waals surface area contributed by atoms with Gasteiger partial charge in [-0.3, -0.25) is 0 Å². The molecule has 8 aliphatic carbocycles. The molecule has 8 rings (SSSR count). The number of hydrogen-bond donors (Lipinski definition) is 2. The van der Waals surface area contributed by atoms with Crippen molar-refractivity contribution < 1.29 is 156 Å². The van der Waals surface area contributed by atoms with Gasteiger partial charge < -0.3 is 24.4 Å². The maximum atomic E-state index is 15.2. The molecule has 2 unspecified atom stereocenters. The van der Waals surface area contributed by atoms with Gasteiger partial charge in [-0.2, -0.15) is 105 Å². The number of aliphatic hydroxyl groups is 2. The van der Waals surface area contributed by atoms with Gasteiger partial charge in [0, 0.05) is 13.2 Å². The molecule has 5 nitrogen and oxygen atoms in total. The van der Waals surface area contributed by atoms with Crippen molar-refractivity contribution >= 4 is 0 Å². The summed E-state index contributed by atoms with van der Waals surface area (Å²) < 4.78 is 458. The standard InChI is InChI=1S/C28H16F30O5/c29-9-17(35,36)10(30)19(39,40)11(31,18(9,37)38)25(51,52)15(23(9,47)48,24(10,49)50)62-5-7(59)1-3-61-4-2-8(60)6-63-16-26(53,54)12(32)20(41,42)13(33,27(16,55)56)22(45,46)14(34,21(12,43)44)28(16,57)58/h7-8,59-60H,1-6H2. The lowest BCUT2D eigenvalue weighted by Gasteiger charge is -2.74. The number of halogens is 30. The van der Waals surface area contributed by atoms with Crippen molar-refractivity contribution in [1.29, 1.82) is 0 Å². The van der Waals surface area contributed by atoms with Crippen LogP contribution in [0.2, 0.25) is 0 Å². The highest BCUT2D eigenvalue weighted by Gasteiger charge is 3.25. The Morgan fingerprint density at radius 3 is 0.587 bits per heavy atom. The van der Waals surface area contributed by atoms with E-state index in [0.717, 1.165) is 0 Å². The molecule has 8 bridgehead atoms. The zero-order chi connectivity index (χ0) is 49.5. The molecule has 0 aliphatic heterocycles. The topological polar surface area (TPSA) is 68.2 Å². The van der Waals surface area contributed by atoms with Gasteiger partial charge in [-0.15, -0.1) is 0 Å². The smallest absolute Gasteiger partial charge is 0.339 e. The molecular formula is C28H16F30O5. The van der Waals surface area contributed by atoms with E-state index >= 15 is 79.0 Å². The second-order valence-corrected chi connectivity index (χ2v) is 15.3. The average Bonchev–Trinajstić information content (AvgIpc) is 3.11. The summed E-state index contributed by atoms with van der Waals surface area (Å²) in [5.74, 6) is -97.1. The van der Waals surface area contributed by atoms with Crippen LogP contribution in [0.1, 0.15) is 12.8 Å². The number of ether oxygens (including phenoxy) is 3. The summed E-state index contributed by atoms with van der Waals surface area (Å²) in [5.41, 5.74) is -63.2. The molecule has 2 N–H and O–H groups in total. The Morgan fingerprint density at radius 1 is 0.270 bits per heavy atom. The highest BCUT2D eigenvalue weighted by atomic mass is 19.4. The van der Waals surface area contributed by atoms with Gasteiger partial charge in [0.25, 0.3) is 11.2 Å². The normalized spacial score (nSPS) is 47.6. The summed E-state index contributed by atoms with van der Waals surface area (Å²) in [6, 6.07) is 0. The fourth-order valence-corrected chi connectivity index (χ4v) is 9.31. The van der Waals surface area contributed by atoms with E-state index in [1.807, 2.05) is 0 Å². The molecule has 8 saturated carbocycles. The van der Waals surface area contributed by atoms with Crippen molar-refractivity contribution in [1.82, 2.24) is 0 Å². The molecule has 2 atom stereocenters. The number of hydrogen-bond acceptors (Lipinski definition) is 5. The quantitative estimate of drug-likeness (QED) is 0.154. The average molecular weight is 1000 g/mol. The van der Waals surface area contributed by atoms with Gasteiger partial charge in [0.05, 0.1) is 25.4 Å². The molecule has 0 spiro atoms. The summed E-state index contributed by atoms with van der Waals surface area (Å²) >= 11 is 0. The monoisotopic (exact) mass is 1000 g/mol. The highest BCUT2D eigenvalue weighted by Crippen LogP contribution is 2.91. The van der Waals surface area contributed by atoms with Gasteiger partial charge in [-0.05, 0) is 12.8 Å². The molecule has 8 fully saturated rings. The van der Waals surface area contributed by atoms with Crippen LogP contribution in [0.15, 0.2) is 0 Å². The fraction of sp³-hybridized carbons (Fsp3) is 1.00. The second-order valence-electron chi connectivity index (χ2n) is 15.3. The molecule has 63 heavy (non-hydrogen) atoms. The summed E-state index contributed by atoms with van der Waals surface area (Å²) in [4.78, 5) is 0. The maximum absolute atomic E-state index is 15.2.